The van der Waals surface area contributed by atoms with Gasteiger partial charge >= 0.3 is 0 Å². The molecular weight excluding hydrogens is 182 g/mol. The fourth-order valence-electron chi connectivity index (χ4n) is 1.73. The molecular formula is C10H19NOS. The van der Waals surface area contributed by atoms with Gasteiger partial charge in [-0.15, -0.1) is 0 Å². The van der Waals surface area contributed by atoms with Crippen molar-refractivity contribution in [2.45, 2.75) is 38.0 Å². The standard InChI is InChI=1S/C10H19NOS/c1-8-6-10(12)4-5-11(8)7-9(2)13-3/h8-9H,4-7H2,1-3H3. The van der Waals surface area contributed by atoms with Gasteiger partial charge in [0.15, 0.2) is 0 Å². The lowest BCUT2D eigenvalue weighted by atomic mass is 10.0. The van der Waals surface area contributed by atoms with Crippen molar-refractivity contribution in [3.63, 3.8) is 0 Å². The minimum absolute atomic E-state index is 0.431. The van der Waals surface area contributed by atoms with Crippen molar-refractivity contribution >= 4 is 17.5 Å². The SMILES string of the molecule is CSC(C)CN1CCC(=O)CC1C. The quantitative estimate of drug-likeness (QED) is 0.694. The van der Waals surface area contributed by atoms with Crippen LogP contribution in [-0.2, 0) is 4.79 Å². The highest BCUT2D eigenvalue weighted by Gasteiger charge is 2.23. The van der Waals surface area contributed by atoms with Crippen molar-refractivity contribution in [3.8, 4) is 0 Å². The van der Waals surface area contributed by atoms with Crippen molar-refractivity contribution in [2.75, 3.05) is 19.3 Å². The zero-order valence-corrected chi connectivity index (χ0v) is 9.56. The maximum absolute atomic E-state index is 11.1. The highest BCUT2D eigenvalue weighted by Crippen LogP contribution is 2.16. The molecule has 76 valence electrons. The Hall–Kier alpha value is -0.0200. The third-order valence-electron chi connectivity index (χ3n) is 2.72. The summed E-state index contributed by atoms with van der Waals surface area (Å²) in [5, 5.41) is 0.677. The van der Waals surface area contributed by atoms with Crippen LogP contribution < -0.4 is 0 Å². The summed E-state index contributed by atoms with van der Waals surface area (Å²) in [6.07, 6.45) is 3.65. The van der Waals surface area contributed by atoms with E-state index in [2.05, 4.69) is 25.0 Å². The first-order valence-electron chi connectivity index (χ1n) is 4.92. The predicted molar refractivity (Wildman–Crippen MR) is 58.3 cm³/mol. The fraction of sp³-hybridized carbons (Fsp3) is 0.900. The Morgan fingerprint density at radius 1 is 1.69 bits per heavy atom. The molecule has 2 atom stereocenters. The zero-order valence-electron chi connectivity index (χ0n) is 8.75. The first-order chi connectivity index (χ1) is 6.13. The van der Waals surface area contributed by atoms with E-state index in [-0.39, 0.29) is 0 Å². The third kappa shape index (κ3) is 3.31. The number of carbonyl (C=O) groups excluding carboxylic acids is 1. The van der Waals surface area contributed by atoms with Gasteiger partial charge in [0.05, 0.1) is 0 Å². The van der Waals surface area contributed by atoms with Crippen LogP contribution in [0.25, 0.3) is 0 Å². The molecule has 13 heavy (non-hydrogen) atoms. The van der Waals surface area contributed by atoms with E-state index in [1.165, 1.54) is 0 Å². The number of nitrogens with zero attached hydrogens (tertiary/aromatic N) is 1. The maximum Gasteiger partial charge on any atom is 0.135 e. The van der Waals surface area contributed by atoms with Crippen molar-refractivity contribution in [3.05, 3.63) is 0 Å². The fourth-order valence-corrected chi connectivity index (χ4v) is 2.07. The Balaban J connectivity index is 2.37. The molecule has 0 aromatic rings. The van der Waals surface area contributed by atoms with E-state index in [0.29, 0.717) is 17.1 Å². The Bertz CT molecular complexity index is 184. The van der Waals surface area contributed by atoms with Crippen LogP contribution in [0.2, 0.25) is 0 Å². The second-order valence-corrected chi connectivity index (χ2v) is 5.16. The van der Waals surface area contributed by atoms with Crippen LogP contribution in [0.1, 0.15) is 26.7 Å². The normalized spacial score (nSPS) is 27.6. The highest BCUT2D eigenvalue weighted by molar-refractivity contribution is 7.99. The Labute approximate surface area is 85.1 Å². The molecule has 0 amide bonds. The summed E-state index contributed by atoms with van der Waals surface area (Å²) < 4.78 is 0. The van der Waals surface area contributed by atoms with Crippen LogP contribution >= 0.6 is 11.8 Å². The van der Waals surface area contributed by atoms with Crippen molar-refractivity contribution in [1.29, 1.82) is 0 Å². The Morgan fingerprint density at radius 3 is 2.92 bits per heavy atom. The molecule has 2 nitrogen and oxygen atoms in total. The molecule has 0 radical (unpaired) electrons. The molecule has 1 heterocycles. The van der Waals surface area contributed by atoms with Gasteiger partial charge in [-0.2, -0.15) is 11.8 Å². The first kappa shape index (κ1) is 11.1. The van der Waals surface area contributed by atoms with E-state index >= 15 is 0 Å². The molecule has 1 rings (SSSR count). The van der Waals surface area contributed by atoms with Gasteiger partial charge in [0.1, 0.15) is 5.78 Å². The van der Waals surface area contributed by atoms with E-state index in [9.17, 15) is 4.79 Å². The van der Waals surface area contributed by atoms with Gasteiger partial charge in [-0.25, -0.2) is 0 Å². The van der Waals surface area contributed by atoms with Gasteiger partial charge < -0.3 is 0 Å². The second-order valence-electron chi connectivity index (χ2n) is 3.88. The molecule has 0 aliphatic carbocycles. The highest BCUT2D eigenvalue weighted by atomic mass is 32.2. The minimum atomic E-state index is 0.431. The predicted octanol–water partition coefficient (Wildman–Crippen LogP) is 1.79. The largest absolute Gasteiger partial charge is 0.300 e. The summed E-state index contributed by atoms with van der Waals surface area (Å²) in [6, 6.07) is 0.454. The summed E-state index contributed by atoms with van der Waals surface area (Å²) in [6.45, 7) is 6.48. The monoisotopic (exact) mass is 201 g/mol. The number of rotatable bonds is 3. The van der Waals surface area contributed by atoms with Gasteiger partial charge in [0.25, 0.3) is 0 Å². The maximum atomic E-state index is 11.1. The van der Waals surface area contributed by atoms with Crippen molar-refractivity contribution in [1.82, 2.24) is 4.90 Å². The van der Waals surface area contributed by atoms with Gasteiger partial charge in [-0.3, -0.25) is 9.69 Å². The van der Waals surface area contributed by atoms with E-state index in [4.69, 9.17) is 0 Å². The lowest BCUT2D eigenvalue weighted by molar-refractivity contribution is -0.122. The molecule has 2 unspecified atom stereocenters. The number of ketones is 1. The van der Waals surface area contributed by atoms with Crippen LogP contribution in [0.5, 0.6) is 0 Å². The van der Waals surface area contributed by atoms with Crippen molar-refractivity contribution in [2.24, 2.45) is 0 Å². The molecule has 0 saturated carbocycles. The Kier molecular flexibility index (Phi) is 4.26. The average Bonchev–Trinajstić information content (AvgIpc) is 2.09. The van der Waals surface area contributed by atoms with Crippen LogP contribution in [0.4, 0.5) is 0 Å². The third-order valence-corrected chi connectivity index (χ3v) is 3.67. The van der Waals surface area contributed by atoms with Gasteiger partial charge in [-0.1, -0.05) is 6.92 Å². The van der Waals surface area contributed by atoms with E-state index in [1.54, 1.807) is 0 Å². The summed E-state index contributed by atoms with van der Waals surface area (Å²) >= 11 is 1.89. The van der Waals surface area contributed by atoms with Gasteiger partial charge in [0.2, 0.25) is 0 Å². The van der Waals surface area contributed by atoms with E-state index in [1.807, 2.05) is 11.8 Å². The molecule has 1 aliphatic rings. The molecule has 0 spiro atoms. The number of thioether (sulfide) groups is 1. The second kappa shape index (κ2) is 5.01. The molecule has 0 bridgehead atoms. The number of hydrogen-bond acceptors (Lipinski definition) is 3. The molecule has 0 N–H and O–H groups in total. The minimum Gasteiger partial charge on any atom is -0.300 e. The molecule has 3 heteroatoms. The lowest BCUT2D eigenvalue weighted by Gasteiger charge is -2.34. The Morgan fingerprint density at radius 2 is 2.38 bits per heavy atom. The molecule has 0 aromatic carbocycles. The number of hydrogen-bond donors (Lipinski definition) is 0. The van der Waals surface area contributed by atoms with E-state index in [0.717, 1.165) is 25.9 Å². The number of Topliss-reactive ketones (excluding diaryl/α,β-unsaturated/α-hetero) is 1. The van der Waals surface area contributed by atoms with Crippen LogP contribution in [0.3, 0.4) is 0 Å². The van der Waals surface area contributed by atoms with Gasteiger partial charge in [-0.05, 0) is 13.2 Å². The summed E-state index contributed by atoms with van der Waals surface area (Å²) in [4.78, 5) is 13.6. The number of carbonyl (C=O) groups is 1. The van der Waals surface area contributed by atoms with E-state index < -0.39 is 0 Å². The van der Waals surface area contributed by atoms with Gasteiger partial charge in [0, 0.05) is 37.2 Å². The average molecular weight is 201 g/mol. The zero-order chi connectivity index (χ0) is 9.84. The topological polar surface area (TPSA) is 20.3 Å². The smallest absolute Gasteiger partial charge is 0.135 e. The molecule has 1 fully saturated rings. The molecule has 0 aromatic heterocycles. The molecule has 1 aliphatic heterocycles. The summed E-state index contributed by atoms with van der Waals surface area (Å²) in [7, 11) is 0. The number of likely N-dealkylation sites (tertiary alicyclic amines) is 1. The van der Waals surface area contributed by atoms with Crippen molar-refractivity contribution < 1.29 is 4.79 Å². The first-order valence-corrected chi connectivity index (χ1v) is 6.20. The van der Waals surface area contributed by atoms with Crippen LogP contribution in [-0.4, -0.2) is 41.3 Å². The van der Waals surface area contributed by atoms with Crippen LogP contribution in [0, 0.1) is 0 Å². The summed E-state index contributed by atoms with van der Waals surface area (Å²) in [5.74, 6) is 0.431. The summed E-state index contributed by atoms with van der Waals surface area (Å²) in [5.41, 5.74) is 0. The number of piperidine rings is 1. The molecule has 1 saturated heterocycles. The lowest BCUT2D eigenvalue weighted by Crippen LogP contribution is -2.43. The van der Waals surface area contributed by atoms with Crippen LogP contribution in [0.15, 0.2) is 0 Å².